The maximum atomic E-state index is 13.0. The topological polar surface area (TPSA) is 106 Å². The van der Waals surface area contributed by atoms with Crippen LogP contribution in [0.25, 0.3) is 0 Å². The smallest absolute Gasteiger partial charge is 0.410 e. The van der Waals surface area contributed by atoms with E-state index in [0.717, 1.165) is 23.9 Å². The number of halogens is 1. The predicted octanol–water partition coefficient (Wildman–Crippen LogP) is 3.32. The third-order valence-corrected chi connectivity index (χ3v) is 7.27. The van der Waals surface area contributed by atoms with Crippen LogP contribution in [-0.4, -0.2) is 81.9 Å². The molecule has 1 N–H and O–H groups in total. The van der Waals surface area contributed by atoms with Crippen LogP contribution in [0.1, 0.15) is 76.0 Å². The number of aromatic nitrogens is 2. The van der Waals surface area contributed by atoms with E-state index in [0.29, 0.717) is 57.7 Å². The number of hydrogen-bond donors (Lipinski definition) is 1. The number of carbonyl (C=O) groups is 3. The first-order valence-electron chi connectivity index (χ1n) is 12.5. The molecule has 2 unspecified atom stereocenters. The Morgan fingerprint density at radius 3 is 2.46 bits per heavy atom. The highest BCUT2D eigenvalue weighted by Crippen LogP contribution is 2.27. The SMILES string of the molecule is CC(C)(C)OC(=O)N1CCC(NC(=O)C2CCN(C(=O)c3cc(Br)n(C4CCCCO4)n3)CC2)C1. The summed E-state index contributed by atoms with van der Waals surface area (Å²) < 4.78 is 13.7. The summed E-state index contributed by atoms with van der Waals surface area (Å²) in [7, 11) is 0. The van der Waals surface area contributed by atoms with E-state index in [4.69, 9.17) is 9.47 Å². The molecule has 3 fully saturated rings. The molecule has 4 heterocycles. The quantitative estimate of drug-likeness (QED) is 0.613. The molecule has 3 amide bonds. The second kappa shape index (κ2) is 10.9. The summed E-state index contributed by atoms with van der Waals surface area (Å²) in [5.41, 5.74) is -0.149. The molecule has 2 atom stereocenters. The fourth-order valence-electron chi connectivity index (χ4n) is 4.79. The number of hydrogen-bond acceptors (Lipinski definition) is 6. The van der Waals surface area contributed by atoms with E-state index in [1.54, 1.807) is 20.5 Å². The van der Waals surface area contributed by atoms with Crippen molar-refractivity contribution in [2.24, 2.45) is 5.92 Å². The van der Waals surface area contributed by atoms with Gasteiger partial charge in [-0.1, -0.05) is 0 Å². The summed E-state index contributed by atoms with van der Waals surface area (Å²) in [5, 5.41) is 7.60. The lowest BCUT2D eigenvalue weighted by Gasteiger charge is -2.31. The molecular weight excluding hydrogens is 518 g/mol. The Kier molecular flexibility index (Phi) is 8.05. The van der Waals surface area contributed by atoms with Gasteiger partial charge in [0.2, 0.25) is 5.91 Å². The van der Waals surface area contributed by atoms with Crippen LogP contribution in [0, 0.1) is 5.92 Å². The number of rotatable bonds is 4. The molecule has 0 radical (unpaired) electrons. The predicted molar refractivity (Wildman–Crippen MR) is 132 cm³/mol. The zero-order chi connectivity index (χ0) is 25.2. The molecule has 0 bridgehead atoms. The van der Waals surface area contributed by atoms with Gasteiger partial charge in [0.05, 0.1) is 0 Å². The van der Waals surface area contributed by atoms with Gasteiger partial charge in [-0.25, -0.2) is 9.48 Å². The van der Waals surface area contributed by atoms with Crippen molar-refractivity contribution in [3.63, 3.8) is 0 Å². The first kappa shape index (κ1) is 25.9. The van der Waals surface area contributed by atoms with Crippen LogP contribution >= 0.6 is 15.9 Å². The van der Waals surface area contributed by atoms with E-state index in [-0.39, 0.29) is 36.1 Å². The third kappa shape index (κ3) is 6.55. The minimum absolute atomic E-state index is 0.00499. The first-order valence-corrected chi connectivity index (χ1v) is 13.3. The summed E-state index contributed by atoms with van der Waals surface area (Å²) in [5.74, 6) is -0.271. The van der Waals surface area contributed by atoms with E-state index >= 15 is 0 Å². The van der Waals surface area contributed by atoms with Crippen LogP contribution in [0.3, 0.4) is 0 Å². The van der Waals surface area contributed by atoms with Crippen LogP contribution in [0.4, 0.5) is 4.79 Å². The molecule has 0 aliphatic carbocycles. The molecule has 3 aliphatic rings. The fraction of sp³-hybridized carbons (Fsp3) is 0.750. The summed E-state index contributed by atoms with van der Waals surface area (Å²) >= 11 is 3.51. The van der Waals surface area contributed by atoms with E-state index in [1.165, 1.54) is 0 Å². The van der Waals surface area contributed by atoms with Gasteiger partial charge in [-0.15, -0.1) is 0 Å². The van der Waals surface area contributed by atoms with Crippen molar-refractivity contribution in [2.45, 2.75) is 77.2 Å². The van der Waals surface area contributed by atoms with Gasteiger partial charge < -0.3 is 24.6 Å². The maximum Gasteiger partial charge on any atom is 0.410 e. The highest BCUT2D eigenvalue weighted by Gasteiger charge is 2.34. The van der Waals surface area contributed by atoms with Crippen molar-refractivity contribution in [3.8, 4) is 0 Å². The third-order valence-electron chi connectivity index (χ3n) is 6.68. The number of piperidine rings is 1. The number of amides is 3. The van der Waals surface area contributed by atoms with Crippen molar-refractivity contribution in [3.05, 3.63) is 16.4 Å². The van der Waals surface area contributed by atoms with Crippen molar-refractivity contribution in [2.75, 3.05) is 32.8 Å². The molecule has 0 aromatic carbocycles. The Bertz CT molecular complexity index is 931. The van der Waals surface area contributed by atoms with E-state index in [1.807, 2.05) is 20.8 Å². The normalized spacial score (nSPS) is 23.9. The average molecular weight is 554 g/mol. The molecule has 4 rings (SSSR count). The lowest BCUT2D eigenvalue weighted by atomic mass is 9.95. The molecule has 11 heteroatoms. The van der Waals surface area contributed by atoms with Gasteiger partial charge in [-0.3, -0.25) is 9.59 Å². The maximum absolute atomic E-state index is 13.0. The highest BCUT2D eigenvalue weighted by atomic mass is 79.9. The van der Waals surface area contributed by atoms with Gasteiger partial charge in [0.1, 0.15) is 10.2 Å². The highest BCUT2D eigenvalue weighted by molar-refractivity contribution is 9.10. The second-order valence-corrected chi connectivity index (χ2v) is 11.4. The minimum atomic E-state index is -0.540. The van der Waals surface area contributed by atoms with E-state index in [9.17, 15) is 14.4 Å². The standard InChI is InChI=1S/C24H36BrN5O5/c1-24(2,3)35-23(33)29-12-9-17(15-29)26-21(31)16-7-10-28(11-8-16)22(32)18-14-19(25)30(27-18)20-6-4-5-13-34-20/h14,16-17,20H,4-13,15H2,1-3H3,(H,26,31). The first-order chi connectivity index (χ1) is 16.6. The largest absolute Gasteiger partial charge is 0.444 e. The average Bonchev–Trinajstić information content (AvgIpc) is 3.45. The Balaban J connectivity index is 1.24. The molecule has 0 spiro atoms. The monoisotopic (exact) mass is 553 g/mol. The van der Waals surface area contributed by atoms with Crippen LogP contribution in [0.15, 0.2) is 10.7 Å². The van der Waals surface area contributed by atoms with E-state index < -0.39 is 5.60 Å². The molecule has 0 saturated carbocycles. The van der Waals surface area contributed by atoms with Crippen LogP contribution < -0.4 is 5.32 Å². The zero-order valence-electron chi connectivity index (χ0n) is 20.8. The van der Waals surface area contributed by atoms with Gasteiger partial charge in [0, 0.05) is 50.8 Å². The minimum Gasteiger partial charge on any atom is -0.444 e. The Hall–Kier alpha value is -2.14. The molecule has 10 nitrogen and oxygen atoms in total. The number of nitrogens with one attached hydrogen (secondary N) is 1. The molecular formula is C24H36BrN5O5. The van der Waals surface area contributed by atoms with Crippen molar-refractivity contribution in [1.29, 1.82) is 0 Å². The van der Waals surface area contributed by atoms with Gasteiger partial charge in [-0.05, 0) is 75.2 Å². The van der Waals surface area contributed by atoms with Crippen LogP contribution in [0.2, 0.25) is 0 Å². The van der Waals surface area contributed by atoms with Crippen LogP contribution in [-0.2, 0) is 14.3 Å². The van der Waals surface area contributed by atoms with Crippen LogP contribution in [0.5, 0.6) is 0 Å². The number of nitrogens with zero attached hydrogens (tertiary/aromatic N) is 4. The number of carbonyl (C=O) groups excluding carboxylic acids is 3. The van der Waals surface area contributed by atoms with Crippen molar-refractivity contribution in [1.82, 2.24) is 24.9 Å². The molecule has 1 aromatic heterocycles. The summed E-state index contributed by atoms with van der Waals surface area (Å²) in [6.45, 7) is 8.27. The molecule has 1 aromatic rings. The van der Waals surface area contributed by atoms with Gasteiger partial charge in [0.15, 0.2) is 11.9 Å². The van der Waals surface area contributed by atoms with Gasteiger partial charge in [0.25, 0.3) is 5.91 Å². The Labute approximate surface area is 214 Å². The van der Waals surface area contributed by atoms with Crippen molar-refractivity contribution < 1.29 is 23.9 Å². The molecule has 194 valence electrons. The number of likely N-dealkylation sites (tertiary alicyclic amines) is 2. The lowest BCUT2D eigenvalue weighted by Crippen LogP contribution is -2.46. The summed E-state index contributed by atoms with van der Waals surface area (Å²) in [6, 6.07) is 1.67. The second-order valence-electron chi connectivity index (χ2n) is 10.6. The molecule has 3 saturated heterocycles. The van der Waals surface area contributed by atoms with Gasteiger partial charge in [-0.2, -0.15) is 5.10 Å². The molecule has 3 aliphatic heterocycles. The van der Waals surface area contributed by atoms with Crippen molar-refractivity contribution >= 4 is 33.8 Å². The lowest BCUT2D eigenvalue weighted by molar-refractivity contribution is -0.127. The van der Waals surface area contributed by atoms with Gasteiger partial charge >= 0.3 is 6.09 Å². The molecule has 35 heavy (non-hydrogen) atoms. The van der Waals surface area contributed by atoms with E-state index in [2.05, 4.69) is 26.3 Å². The summed E-state index contributed by atoms with van der Waals surface area (Å²) in [4.78, 5) is 41.6. The fourth-order valence-corrected chi connectivity index (χ4v) is 5.32. The zero-order valence-corrected chi connectivity index (χ0v) is 22.4. The summed E-state index contributed by atoms with van der Waals surface area (Å²) in [6.07, 6.45) is 4.44. The Morgan fingerprint density at radius 1 is 1.09 bits per heavy atom. The Morgan fingerprint density at radius 2 is 1.80 bits per heavy atom. The number of ether oxygens (including phenoxy) is 2.